The average Bonchev–Trinajstić information content (AvgIpc) is 2.47. The zero-order valence-corrected chi connectivity index (χ0v) is 12.2. The summed E-state index contributed by atoms with van der Waals surface area (Å²) in [6.07, 6.45) is 1.98. The molecule has 4 nitrogen and oxygen atoms in total. The Bertz CT molecular complexity index is 656. The molecular weight excluding hydrogens is 272 g/mol. The van der Waals surface area contributed by atoms with E-state index in [2.05, 4.69) is 0 Å². The third-order valence-electron chi connectivity index (χ3n) is 3.03. The van der Waals surface area contributed by atoms with E-state index in [1.807, 2.05) is 24.5 Å². The normalized spacial score (nSPS) is 10.3. The van der Waals surface area contributed by atoms with E-state index in [9.17, 15) is 4.79 Å². The number of thioether (sulfide) groups is 1. The van der Waals surface area contributed by atoms with Gasteiger partial charge in [-0.1, -0.05) is 6.07 Å². The summed E-state index contributed by atoms with van der Waals surface area (Å²) in [4.78, 5) is 12.4. The summed E-state index contributed by atoms with van der Waals surface area (Å²) in [5.41, 5.74) is 14.1. The first-order chi connectivity index (χ1) is 9.56. The Morgan fingerprint density at radius 3 is 2.55 bits per heavy atom. The van der Waals surface area contributed by atoms with Crippen LogP contribution in [-0.4, -0.2) is 19.3 Å². The Kier molecular flexibility index (Phi) is 4.20. The molecule has 20 heavy (non-hydrogen) atoms. The van der Waals surface area contributed by atoms with Crippen molar-refractivity contribution < 1.29 is 9.53 Å². The molecule has 5 heteroatoms. The molecular formula is C15H16N2O2S. The van der Waals surface area contributed by atoms with Crippen LogP contribution in [0.5, 0.6) is 5.75 Å². The molecule has 0 saturated carbocycles. The zero-order valence-electron chi connectivity index (χ0n) is 11.3. The van der Waals surface area contributed by atoms with Crippen LogP contribution in [0.1, 0.15) is 10.4 Å². The van der Waals surface area contributed by atoms with Gasteiger partial charge in [-0.3, -0.25) is 4.79 Å². The van der Waals surface area contributed by atoms with Gasteiger partial charge >= 0.3 is 0 Å². The van der Waals surface area contributed by atoms with Crippen LogP contribution in [0.2, 0.25) is 0 Å². The van der Waals surface area contributed by atoms with Gasteiger partial charge in [-0.05, 0) is 47.7 Å². The Hall–Kier alpha value is -2.14. The fourth-order valence-corrected chi connectivity index (χ4v) is 2.57. The zero-order chi connectivity index (χ0) is 14.7. The van der Waals surface area contributed by atoms with Gasteiger partial charge in [0.25, 0.3) is 0 Å². The van der Waals surface area contributed by atoms with Crippen molar-refractivity contribution in [1.82, 2.24) is 0 Å². The third kappa shape index (κ3) is 2.72. The molecule has 0 aromatic heterocycles. The highest BCUT2D eigenvalue weighted by atomic mass is 32.2. The van der Waals surface area contributed by atoms with Gasteiger partial charge in [0, 0.05) is 10.5 Å². The third-order valence-corrected chi connectivity index (χ3v) is 3.82. The first-order valence-corrected chi connectivity index (χ1v) is 7.21. The number of benzene rings is 2. The number of hydrogen-bond donors (Lipinski definition) is 2. The molecule has 1 amide bonds. The fraction of sp³-hybridized carbons (Fsp3) is 0.133. The molecule has 0 aliphatic carbocycles. The molecule has 0 atom stereocenters. The van der Waals surface area contributed by atoms with Gasteiger partial charge in [0.1, 0.15) is 5.75 Å². The van der Waals surface area contributed by atoms with Gasteiger partial charge in [0.05, 0.1) is 12.8 Å². The Morgan fingerprint density at radius 1 is 1.20 bits per heavy atom. The van der Waals surface area contributed by atoms with Crippen LogP contribution >= 0.6 is 11.8 Å². The maximum atomic E-state index is 11.3. The van der Waals surface area contributed by atoms with E-state index in [4.69, 9.17) is 16.2 Å². The molecule has 0 aliphatic heterocycles. The maximum absolute atomic E-state index is 11.3. The lowest BCUT2D eigenvalue weighted by Crippen LogP contribution is -2.10. The van der Waals surface area contributed by atoms with Crippen LogP contribution in [-0.2, 0) is 0 Å². The van der Waals surface area contributed by atoms with E-state index in [0.29, 0.717) is 17.0 Å². The predicted molar refractivity (Wildman–Crippen MR) is 83.1 cm³/mol. The van der Waals surface area contributed by atoms with Gasteiger partial charge in [-0.2, -0.15) is 0 Å². The van der Waals surface area contributed by atoms with Gasteiger partial charge in [-0.25, -0.2) is 0 Å². The van der Waals surface area contributed by atoms with E-state index in [1.165, 1.54) is 0 Å². The van der Waals surface area contributed by atoms with Gasteiger partial charge in [0.2, 0.25) is 5.91 Å². The number of rotatable bonds is 4. The largest absolute Gasteiger partial charge is 0.495 e. The molecule has 4 N–H and O–H groups in total. The van der Waals surface area contributed by atoms with E-state index in [1.54, 1.807) is 37.1 Å². The molecule has 2 rings (SSSR count). The van der Waals surface area contributed by atoms with Crippen molar-refractivity contribution >= 4 is 23.4 Å². The van der Waals surface area contributed by atoms with Gasteiger partial charge < -0.3 is 16.2 Å². The number of anilines is 1. The Balaban J connectivity index is 2.60. The number of methoxy groups -OCH3 is 1. The molecule has 0 fully saturated rings. The topological polar surface area (TPSA) is 78.3 Å². The standard InChI is InChI=1S/C15H16N2O2S/c1-19-13-8-9(3-5-12(13)16)11-7-10(15(17)18)4-6-14(11)20-2/h3-8H,16H2,1-2H3,(H2,17,18). The van der Waals surface area contributed by atoms with Crippen molar-refractivity contribution in [1.29, 1.82) is 0 Å². The second-order valence-corrected chi connectivity index (χ2v) is 5.08. The van der Waals surface area contributed by atoms with Crippen molar-refractivity contribution in [3.05, 3.63) is 42.0 Å². The molecule has 0 heterocycles. The average molecular weight is 288 g/mol. The van der Waals surface area contributed by atoms with Crippen molar-refractivity contribution in [2.75, 3.05) is 19.1 Å². The number of amides is 1. The molecule has 0 aliphatic rings. The van der Waals surface area contributed by atoms with Crippen molar-refractivity contribution in [3.63, 3.8) is 0 Å². The number of nitrogen functional groups attached to an aromatic ring is 1. The number of hydrogen-bond acceptors (Lipinski definition) is 4. The van der Waals surface area contributed by atoms with E-state index in [-0.39, 0.29) is 0 Å². The summed E-state index contributed by atoms with van der Waals surface area (Å²) in [6, 6.07) is 11.0. The van der Waals surface area contributed by atoms with E-state index < -0.39 is 5.91 Å². The second kappa shape index (κ2) is 5.88. The van der Waals surface area contributed by atoms with Crippen molar-refractivity contribution in [3.8, 4) is 16.9 Å². The Labute approximate surface area is 122 Å². The molecule has 0 spiro atoms. The highest BCUT2D eigenvalue weighted by Gasteiger charge is 2.10. The summed E-state index contributed by atoms with van der Waals surface area (Å²) in [5, 5.41) is 0. The SMILES string of the molecule is COc1cc(-c2cc(C(N)=O)ccc2SC)ccc1N. The maximum Gasteiger partial charge on any atom is 0.248 e. The summed E-state index contributed by atoms with van der Waals surface area (Å²) in [5.74, 6) is 0.167. The summed E-state index contributed by atoms with van der Waals surface area (Å²) in [6.45, 7) is 0. The lowest BCUT2D eigenvalue weighted by atomic mass is 10.0. The monoisotopic (exact) mass is 288 g/mol. The molecule has 2 aromatic carbocycles. The number of carbonyl (C=O) groups excluding carboxylic acids is 1. The molecule has 0 bridgehead atoms. The highest BCUT2D eigenvalue weighted by Crippen LogP contribution is 2.34. The Morgan fingerprint density at radius 2 is 1.95 bits per heavy atom. The fourth-order valence-electron chi connectivity index (χ4n) is 1.97. The number of primary amides is 1. The van der Waals surface area contributed by atoms with E-state index in [0.717, 1.165) is 16.0 Å². The minimum Gasteiger partial charge on any atom is -0.495 e. The quantitative estimate of drug-likeness (QED) is 0.670. The molecule has 2 aromatic rings. The van der Waals surface area contributed by atoms with Crippen molar-refractivity contribution in [2.45, 2.75) is 4.90 Å². The minimum atomic E-state index is -0.443. The molecule has 0 radical (unpaired) electrons. The lowest BCUT2D eigenvalue weighted by Gasteiger charge is -2.12. The summed E-state index contributed by atoms with van der Waals surface area (Å²) >= 11 is 1.60. The molecule has 0 unspecified atom stereocenters. The number of carbonyl (C=O) groups is 1. The number of nitrogens with two attached hydrogens (primary N) is 2. The lowest BCUT2D eigenvalue weighted by molar-refractivity contribution is 0.100. The smallest absolute Gasteiger partial charge is 0.248 e. The van der Waals surface area contributed by atoms with Gasteiger partial charge in [-0.15, -0.1) is 11.8 Å². The van der Waals surface area contributed by atoms with Crippen LogP contribution in [0.3, 0.4) is 0 Å². The minimum absolute atomic E-state index is 0.443. The van der Waals surface area contributed by atoms with Crippen LogP contribution in [0.25, 0.3) is 11.1 Å². The molecule has 104 valence electrons. The van der Waals surface area contributed by atoms with Crippen LogP contribution in [0.15, 0.2) is 41.3 Å². The predicted octanol–water partition coefficient (Wildman–Crippen LogP) is 2.77. The second-order valence-electron chi connectivity index (χ2n) is 4.24. The molecule has 0 saturated heterocycles. The first kappa shape index (κ1) is 14.3. The van der Waals surface area contributed by atoms with E-state index >= 15 is 0 Å². The van der Waals surface area contributed by atoms with Gasteiger partial charge in [0.15, 0.2) is 0 Å². The number of ether oxygens (including phenoxy) is 1. The first-order valence-electron chi connectivity index (χ1n) is 5.98. The van der Waals surface area contributed by atoms with Crippen molar-refractivity contribution in [2.24, 2.45) is 5.73 Å². The summed E-state index contributed by atoms with van der Waals surface area (Å²) in [7, 11) is 1.57. The van der Waals surface area contributed by atoms with Crippen LogP contribution in [0.4, 0.5) is 5.69 Å². The van der Waals surface area contributed by atoms with Crippen LogP contribution < -0.4 is 16.2 Å². The summed E-state index contributed by atoms with van der Waals surface area (Å²) < 4.78 is 5.23. The van der Waals surface area contributed by atoms with Crippen LogP contribution in [0, 0.1) is 0 Å². The highest BCUT2D eigenvalue weighted by molar-refractivity contribution is 7.98.